The highest BCUT2D eigenvalue weighted by Crippen LogP contribution is 2.31. The van der Waals surface area contributed by atoms with Crippen molar-refractivity contribution < 1.29 is 4.74 Å². The summed E-state index contributed by atoms with van der Waals surface area (Å²) >= 11 is 0. The molecule has 1 saturated carbocycles. The van der Waals surface area contributed by atoms with Gasteiger partial charge in [0.05, 0.1) is 6.61 Å². The van der Waals surface area contributed by atoms with E-state index in [4.69, 9.17) is 9.72 Å². The van der Waals surface area contributed by atoms with Gasteiger partial charge in [0.2, 0.25) is 0 Å². The smallest absolute Gasteiger partial charge is 0.135 e. The molecule has 1 aliphatic carbocycles. The number of anilines is 2. The van der Waals surface area contributed by atoms with Crippen molar-refractivity contribution >= 4 is 11.6 Å². The molecule has 1 heterocycles. The average Bonchev–Trinajstić information content (AvgIpc) is 3.30. The Labute approximate surface area is 128 Å². The second-order valence-corrected chi connectivity index (χ2v) is 5.97. The minimum atomic E-state index is 0.329. The van der Waals surface area contributed by atoms with Gasteiger partial charge in [-0.1, -0.05) is 20.8 Å². The zero-order chi connectivity index (χ0) is 15.2. The van der Waals surface area contributed by atoms with Gasteiger partial charge in [0, 0.05) is 38.2 Å². The van der Waals surface area contributed by atoms with Crippen LogP contribution in [0.2, 0.25) is 0 Å². The van der Waals surface area contributed by atoms with Gasteiger partial charge in [0.1, 0.15) is 17.5 Å². The van der Waals surface area contributed by atoms with E-state index in [0.717, 1.165) is 43.6 Å². The number of rotatable bonds is 9. The van der Waals surface area contributed by atoms with E-state index in [1.165, 1.54) is 12.8 Å². The van der Waals surface area contributed by atoms with Crippen molar-refractivity contribution in [2.24, 2.45) is 0 Å². The molecule has 0 atom stereocenters. The molecule has 118 valence electrons. The zero-order valence-electron chi connectivity index (χ0n) is 13.7. The molecule has 0 aromatic carbocycles. The second kappa shape index (κ2) is 7.59. The third-order valence-corrected chi connectivity index (χ3v) is 3.62. The van der Waals surface area contributed by atoms with Crippen molar-refractivity contribution in [3.8, 4) is 0 Å². The lowest BCUT2D eigenvalue weighted by atomic mass is 10.2. The zero-order valence-corrected chi connectivity index (χ0v) is 13.7. The minimum Gasteiger partial charge on any atom is -0.383 e. The molecule has 1 fully saturated rings. The van der Waals surface area contributed by atoms with Crippen LogP contribution in [0.15, 0.2) is 6.07 Å². The van der Waals surface area contributed by atoms with Crippen LogP contribution >= 0.6 is 0 Å². The molecule has 1 aromatic heterocycles. The van der Waals surface area contributed by atoms with Crippen molar-refractivity contribution in [3.05, 3.63) is 11.9 Å². The lowest BCUT2D eigenvalue weighted by Gasteiger charge is -2.24. The molecule has 0 amide bonds. The van der Waals surface area contributed by atoms with E-state index in [1.807, 2.05) is 0 Å². The molecule has 1 aromatic rings. The molecule has 1 aliphatic rings. The van der Waals surface area contributed by atoms with Crippen molar-refractivity contribution in [2.75, 3.05) is 37.0 Å². The van der Waals surface area contributed by atoms with Crippen LogP contribution in [0.25, 0.3) is 0 Å². The van der Waals surface area contributed by atoms with E-state index >= 15 is 0 Å². The minimum absolute atomic E-state index is 0.329. The Morgan fingerprint density at radius 2 is 2.14 bits per heavy atom. The number of nitrogens with one attached hydrogen (secondary N) is 1. The number of methoxy groups -OCH3 is 1. The van der Waals surface area contributed by atoms with Gasteiger partial charge in [-0.2, -0.15) is 0 Å². The number of ether oxygens (including phenoxy) is 1. The number of aromatic nitrogens is 2. The van der Waals surface area contributed by atoms with Gasteiger partial charge in [0.25, 0.3) is 0 Å². The molecule has 0 aliphatic heterocycles. The third-order valence-electron chi connectivity index (χ3n) is 3.62. The Kier molecular flexibility index (Phi) is 5.79. The average molecular weight is 292 g/mol. The van der Waals surface area contributed by atoms with Crippen molar-refractivity contribution in [1.82, 2.24) is 9.97 Å². The maximum Gasteiger partial charge on any atom is 0.135 e. The lowest BCUT2D eigenvalue weighted by molar-refractivity contribution is 0.204. The first-order valence-corrected chi connectivity index (χ1v) is 8.04. The summed E-state index contributed by atoms with van der Waals surface area (Å²) in [5.41, 5.74) is 0. The van der Waals surface area contributed by atoms with Crippen LogP contribution in [-0.2, 0) is 4.74 Å². The van der Waals surface area contributed by atoms with Gasteiger partial charge < -0.3 is 15.0 Å². The lowest BCUT2D eigenvalue weighted by Crippen LogP contribution is -2.30. The van der Waals surface area contributed by atoms with Crippen molar-refractivity contribution in [2.45, 2.75) is 52.0 Å². The molecule has 0 spiro atoms. The first kappa shape index (κ1) is 16.0. The van der Waals surface area contributed by atoms with E-state index in [9.17, 15) is 0 Å². The molecule has 0 bridgehead atoms. The number of hydrogen-bond acceptors (Lipinski definition) is 5. The van der Waals surface area contributed by atoms with Gasteiger partial charge in [-0.3, -0.25) is 0 Å². The fourth-order valence-electron chi connectivity index (χ4n) is 2.26. The Hall–Kier alpha value is -1.36. The summed E-state index contributed by atoms with van der Waals surface area (Å²) in [6.45, 7) is 9.00. The van der Waals surface area contributed by atoms with Gasteiger partial charge >= 0.3 is 0 Å². The normalized spacial score (nSPS) is 14.5. The summed E-state index contributed by atoms with van der Waals surface area (Å²) in [6.07, 6.45) is 3.59. The Morgan fingerprint density at radius 3 is 2.71 bits per heavy atom. The van der Waals surface area contributed by atoms with E-state index in [0.29, 0.717) is 12.0 Å². The summed E-state index contributed by atoms with van der Waals surface area (Å²) in [6, 6.07) is 2.70. The second-order valence-electron chi connectivity index (χ2n) is 5.97. The molecule has 5 heteroatoms. The number of nitrogens with zero attached hydrogens (tertiary/aromatic N) is 3. The van der Waals surface area contributed by atoms with Crippen LogP contribution in [0.5, 0.6) is 0 Å². The monoisotopic (exact) mass is 292 g/mol. The fraction of sp³-hybridized carbons (Fsp3) is 0.750. The highest BCUT2D eigenvalue weighted by Gasteiger charge is 2.30. The maximum absolute atomic E-state index is 5.24. The fourth-order valence-corrected chi connectivity index (χ4v) is 2.26. The highest BCUT2D eigenvalue weighted by molar-refractivity contribution is 5.51. The quantitative estimate of drug-likeness (QED) is 0.758. The van der Waals surface area contributed by atoms with Crippen LogP contribution in [0, 0.1) is 0 Å². The third kappa shape index (κ3) is 4.56. The van der Waals surface area contributed by atoms with E-state index in [2.05, 4.69) is 42.0 Å². The Morgan fingerprint density at radius 1 is 1.38 bits per heavy atom. The molecule has 21 heavy (non-hydrogen) atoms. The van der Waals surface area contributed by atoms with Gasteiger partial charge in [-0.15, -0.1) is 0 Å². The summed E-state index contributed by atoms with van der Waals surface area (Å²) < 4.78 is 5.24. The molecule has 2 rings (SSSR count). The molecule has 0 radical (unpaired) electrons. The summed E-state index contributed by atoms with van der Waals surface area (Å²) in [7, 11) is 1.75. The van der Waals surface area contributed by atoms with E-state index < -0.39 is 0 Å². The predicted octanol–water partition coefficient (Wildman–Crippen LogP) is 3.04. The first-order chi connectivity index (χ1) is 10.2. The predicted molar refractivity (Wildman–Crippen MR) is 87.1 cm³/mol. The van der Waals surface area contributed by atoms with Crippen molar-refractivity contribution in [1.29, 1.82) is 0 Å². The van der Waals surface area contributed by atoms with Crippen LogP contribution in [0.4, 0.5) is 11.6 Å². The van der Waals surface area contributed by atoms with Gasteiger partial charge in [-0.05, 0) is 19.3 Å². The summed E-state index contributed by atoms with van der Waals surface area (Å²) in [5.74, 6) is 3.21. The Balaban J connectivity index is 2.23. The van der Waals surface area contributed by atoms with Crippen LogP contribution < -0.4 is 10.2 Å². The largest absolute Gasteiger partial charge is 0.383 e. The summed E-state index contributed by atoms with van der Waals surface area (Å²) in [4.78, 5) is 11.8. The molecule has 5 nitrogen and oxygen atoms in total. The van der Waals surface area contributed by atoms with Gasteiger partial charge in [0.15, 0.2) is 0 Å². The molecule has 0 saturated heterocycles. The van der Waals surface area contributed by atoms with E-state index in [1.54, 1.807) is 7.11 Å². The maximum atomic E-state index is 5.24. The molecular formula is C16H28N4O. The molecular weight excluding hydrogens is 264 g/mol. The first-order valence-electron chi connectivity index (χ1n) is 8.04. The van der Waals surface area contributed by atoms with Crippen molar-refractivity contribution in [3.63, 3.8) is 0 Å². The standard InChI is InChI=1S/C16H28N4O/c1-5-8-17-14-11-15(19-16(18-14)12(2)3)20(9-10-21-4)13-6-7-13/h11-13H,5-10H2,1-4H3,(H,17,18,19). The topological polar surface area (TPSA) is 50.3 Å². The summed E-state index contributed by atoms with van der Waals surface area (Å²) in [5, 5.41) is 3.39. The highest BCUT2D eigenvalue weighted by atomic mass is 16.5. The van der Waals surface area contributed by atoms with Gasteiger partial charge in [-0.25, -0.2) is 9.97 Å². The SMILES string of the molecule is CCCNc1cc(N(CCOC)C2CC2)nc(C(C)C)n1. The van der Waals surface area contributed by atoms with Crippen LogP contribution in [0.1, 0.15) is 51.8 Å². The van der Waals surface area contributed by atoms with Crippen LogP contribution in [0.3, 0.4) is 0 Å². The Bertz CT molecular complexity index is 446. The van der Waals surface area contributed by atoms with Crippen LogP contribution in [-0.4, -0.2) is 42.8 Å². The van der Waals surface area contributed by atoms with E-state index in [-0.39, 0.29) is 0 Å². The number of hydrogen-bond donors (Lipinski definition) is 1. The molecule has 1 N–H and O–H groups in total. The molecule has 0 unspecified atom stereocenters.